The van der Waals surface area contributed by atoms with E-state index in [4.69, 9.17) is 5.11 Å². The van der Waals surface area contributed by atoms with Gasteiger partial charge in [-0.2, -0.15) is 0 Å². The zero-order valence-corrected chi connectivity index (χ0v) is 14.0. The number of aromatic nitrogens is 1. The number of para-hydroxylation sites is 1. The lowest BCUT2D eigenvalue weighted by atomic mass is 10.2. The molecular formula is C16H14N2O3S2. The van der Waals surface area contributed by atoms with Crippen molar-refractivity contribution in [2.45, 2.75) is 19.8 Å². The van der Waals surface area contributed by atoms with Gasteiger partial charge in [0.2, 0.25) is 5.91 Å². The lowest BCUT2D eigenvalue weighted by molar-refractivity contribution is -0.138. The number of carboxylic acids is 1. The third kappa shape index (κ3) is 3.40. The van der Waals surface area contributed by atoms with Crippen LogP contribution in [-0.2, 0) is 9.59 Å². The van der Waals surface area contributed by atoms with Crippen molar-refractivity contribution < 1.29 is 14.7 Å². The van der Waals surface area contributed by atoms with Gasteiger partial charge in [0, 0.05) is 12.0 Å². The van der Waals surface area contributed by atoms with Crippen LogP contribution in [0.4, 0.5) is 5.00 Å². The van der Waals surface area contributed by atoms with E-state index in [1.165, 1.54) is 11.3 Å². The number of amides is 1. The second-order valence-electron chi connectivity index (χ2n) is 5.05. The highest BCUT2D eigenvalue weighted by Gasteiger charge is 2.17. The van der Waals surface area contributed by atoms with Crippen LogP contribution in [0.15, 0.2) is 29.6 Å². The number of hydrogen-bond acceptors (Lipinski definition) is 5. The third-order valence-corrected chi connectivity index (χ3v) is 5.37. The maximum Gasteiger partial charge on any atom is 0.303 e. The molecule has 5 nitrogen and oxygen atoms in total. The molecule has 0 saturated heterocycles. The average Bonchev–Trinajstić information content (AvgIpc) is 3.08. The molecule has 0 atom stereocenters. The predicted molar refractivity (Wildman–Crippen MR) is 93.2 cm³/mol. The third-order valence-electron chi connectivity index (χ3n) is 3.30. The fourth-order valence-corrected chi connectivity index (χ4v) is 4.30. The predicted octanol–water partition coefficient (Wildman–Crippen LogP) is 4.14. The zero-order valence-electron chi connectivity index (χ0n) is 12.3. The summed E-state index contributed by atoms with van der Waals surface area (Å²) in [6.45, 7) is 1.98. The summed E-state index contributed by atoms with van der Waals surface area (Å²) in [7, 11) is 0. The van der Waals surface area contributed by atoms with Gasteiger partial charge in [0.05, 0.1) is 16.6 Å². The molecule has 7 heteroatoms. The number of benzene rings is 1. The van der Waals surface area contributed by atoms with Crippen LogP contribution in [0, 0.1) is 6.92 Å². The molecule has 0 saturated carbocycles. The van der Waals surface area contributed by atoms with Crippen LogP contribution in [-0.4, -0.2) is 22.0 Å². The summed E-state index contributed by atoms with van der Waals surface area (Å²) < 4.78 is 1.09. The second-order valence-corrected chi connectivity index (χ2v) is 6.96. The Balaban J connectivity index is 1.89. The van der Waals surface area contributed by atoms with E-state index in [0.717, 1.165) is 31.4 Å². The summed E-state index contributed by atoms with van der Waals surface area (Å²) in [5, 5.41) is 15.0. The summed E-state index contributed by atoms with van der Waals surface area (Å²) in [6, 6.07) is 7.89. The van der Waals surface area contributed by atoms with Crippen molar-refractivity contribution in [3.8, 4) is 10.6 Å². The number of carbonyl (C=O) groups excluding carboxylic acids is 1. The van der Waals surface area contributed by atoms with Crippen molar-refractivity contribution >= 4 is 49.8 Å². The minimum atomic E-state index is -0.978. The van der Waals surface area contributed by atoms with Gasteiger partial charge in [0.1, 0.15) is 10.0 Å². The summed E-state index contributed by atoms with van der Waals surface area (Å²) >= 11 is 3.01. The van der Waals surface area contributed by atoms with Crippen LogP contribution in [0.5, 0.6) is 0 Å². The molecule has 3 aromatic rings. The second kappa shape index (κ2) is 6.47. The van der Waals surface area contributed by atoms with Gasteiger partial charge in [0.25, 0.3) is 0 Å². The minimum absolute atomic E-state index is 0.0361. The number of fused-ring (bicyclic) bond motifs is 1. The molecule has 0 radical (unpaired) electrons. The van der Waals surface area contributed by atoms with Crippen LogP contribution in [0.3, 0.4) is 0 Å². The Bertz CT molecular complexity index is 849. The molecular weight excluding hydrogens is 332 g/mol. The van der Waals surface area contributed by atoms with Crippen LogP contribution >= 0.6 is 22.7 Å². The van der Waals surface area contributed by atoms with Gasteiger partial charge in [0.15, 0.2) is 0 Å². The molecule has 1 amide bonds. The van der Waals surface area contributed by atoms with Crippen LogP contribution in [0.2, 0.25) is 0 Å². The average molecular weight is 346 g/mol. The maximum atomic E-state index is 11.9. The van der Waals surface area contributed by atoms with Gasteiger partial charge < -0.3 is 10.4 Å². The number of anilines is 1. The summed E-state index contributed by atoms with van der Waals surface area (Å²) in [4.78, 5) is 27.1. The number of aryl methyl sites for hydroxylation is 1. The smallest absolute Gasteiger partial charge is 0.303 e. The molecule has 1 aromatic carbocycles. The fourth-order valence-electron chi connectivity index (χ4n) is 2.19. The summed E-state index contributed by atoms with van der Waals surface area (Å²) in [6.07, 6.45) is -0.210. The standard InChI is InChI=1S/C16H14N2O3S2/c1-9-8-22-15(18-12(19)6-7-13(20)21)14(9)16-17-10-4-2-3-5-11(10)23-16/h2-5,8H,6-7H2,1H3,(H,18,19)(H,20,21). The Morgan fingerprint density at radius 3 is 2.78 bits per heavy atom. The molecule has 0 aliphatic rings. The number of rotatable bonds is 5. The molecule has 3 rings (SSSR count). The first kappa shape index (κ1) is 15.6. The van der Waals surface area contributed by atoms with Crippen molar-refractivity contribution in [2.24, 2.45) is 0 Å². The lowest BCUT2D eigenvalue weighted by Crippen LogP contribution is -2.12. The Morgan fingerprint density at radius 2 is 2.04 bits per heavy atom. The SMILES string of the molecule is Cc1csc(NC(=O)CCC(=O)O)c1-c1nc2ccccc2s1. The van der Waals surface area contributed by atoms with E-state index in [0.29, 0.717) is 0 Å². The first-order valence-corrected chi connectivity index (χ1v) is 8.70. The van der Waals surface area contributed by atoms with Gasteiger partial charge >= 0.3 is 5.97 Å². The number of carboxylic acid groups (broad SMARTS) is 1. The normalized spacial score (nSPS) is 10.8. The highest BCUT2D eigenvalue weighted by Crippen LogP contribution is 2.40. The van der Waals surface area contributed by atoms with Crippen molar-refractivity contribution in [3.05, 3.63) is 35.2 Å². The molecule has 118 valence electrons. The maximum absolute atomic E-state index is 11.9. The topological polar surface area (TPSA) is 79.3 Å². The van der Waals surface area contributed by atoms with E-state index in [-0.39, 0.29) is 18.7 Å². The molecule has 0 aliphatic heterocycles. The van der Waals surface area contributed by atoms with Crippen LogP contribution in [0.25, 0.3) is 20.8 Å². The van der Waals surface area contributed by atoms with E-state index < -0.39 is 5.97 Å². The number of carbonyl (C=O) groups is 2. The first-order chi connectivity index (χ1) is 11.0. The Morgan fingerprint density at radius 1 is 1.26 bits per heavy atom. The largest absolute Gasteiger partial charge is 0.481 e. The molecule has 23 heavy (non-hydrogen) atoms. The van der Waals surface area contributed by atoms with Gasteiger partial charge in [-0.15, -0.1) is 22.7 Å². The summed E-state index contributed by atoms with van der Waals surface area (Å²) in [5.74, 6) is -1.27. The molecule has 2 N–H and O–H groups in total. The first-order valence-electron chi connectivity index (χ1n) is 7.00. The molecule has 0 bridgehead atoms. The zero-order chi connectivity index (χ0) is 16.4. The number of thiazole rings is 1. The van der Waals surface area contributed by atoms with Crippen LogP contribution in [0.1, 0.15) is 18.4 Å². The molecule has 0 unspecified atom stereocenters. The lowest BCUT2D eigenvalue weighted by Gasteiger charge is -2.04. The highest BCUT2D eigenvalue weighted by atomic mass is 32.1. The Labute approximate surface area is 140 Å². The quantitative estimate of drug-likeness (QED) is 0.728. The Hall–Kier alpha value is -2.25. The number of hydrogen-bond donors (Lipinski definition) is 2. The molecule has 2 heterocycles. The fraction of sp³-hybridized carbons (Fsp3) is 0.188. The number of nitrogens with zero attached hydrogens (tertiary/aromatic N) is 1. The minimum Gasteiger partial charge on any atom is -0.481 e. The van der Waals surface area contributed by atoms with E-state index >= 15 is 0 Å². The van der Waals surface area contributed by atoms with Crippen molar-refractivity contribution in [1.29, 1.82) is 0 Å². The van der Waals surface area contributed by atoms with Gasteiger partial charge in [-0.05, 0) is 30.0 Å². The van der Waals surface area contributed by atoms with Gasteiger partial charge in [-0.3, -0.25) is 9.59 Å². The van der Waals surface area contributed by atoms with Crippen LogP contribution < -0.4 is 5.32 Å². The number of thiophene rings is 1. The monoisotopic (exact) mass is 346 g/mol. The molecule has 0 fully saturated rings. The highest BCUT2D eigenvalue weighted by molar-refractivity contribution is 7.22. The molecule has 2 aromatic heterocycles. The molecule has 0 spiro atoms. The molecule has 0 aliphatic carbocycles. The summed E-state index contributed by atoms with van der Waals surface area (Å²) in [5.41, 5.74) is 2.89. The van der Waals surface area contributed by atoms with E-state index in [2.05, 4.69) is 10.3 Å². The van der Waals surface area contributed by atoms with Crippen molar-refractivity contribution in [1.82, 2.24) is 4.98 Å². The Kier molecular flexibility index (Phi) is 4.40. The number of aliphatic carboxylic acids is 1. The van der Waals surface area contributed by atoms with Gasteiger partial charge in [-0.1, -0.05) is 12.1 Å². The van der Waals surface area contributed by atoms with E-state index in [9.17, 15) is 9.59 Å². The van der Waals surface area contributed by atoms with Crippen molar-refractivity contribution in [2.75, 3.05) is 5.32 Å². The van der Waals surface area contributed by atoms with Gasteiger partial charge in [-0.25, -0.2) is 4.98 Å². The van der Waals surface area contributed by atoms with E-state index in [1.807, 2.05) is 36.6 Å². The van der Waals surface area contributed by atoms with E-state index in [1.54, 1.807) is 11.3 Å². The van der Waals surface area contributed by atoms with Crippen molar-refractivity contribution in [3.63, 3.8) is 0 Å². The number of nitrogens with one attached hydrogen (secondary N) is 1.